The molecule has 0 aliphatic carbocycles. The molecule has 0 atom stereocenters. The van der Waals surface area contributed by atoms with Crippen molar-refractivity contribution in [2.45, 2.75) is 12.8 Å². The zero-order valence-corrected chi connectivity index (χ0v) is 6.25. The van der Waals surface area contributed by atoms with Gasteiger partial charge < -0.3 is 5.32 Å². The molecular weight excluding hydrogens is 151 g/mol. The Balaban J connectivity index is 0. The normalized spacial score (nSPS) is 10.5. The average Bonchev–Trinajstić information content (AvgIpc) is 1.30. The van der Waals surface area contributed by atoms with Crippen LogP contribution in [0.3, 0.4) is 0 Å². The molecule has 1 nitrogen and oxygen atoms in total. The average molecular weight is 159 g/mol. The third-order valence-corrected chi connectivity index (χ3v) is 0.436. The predicted molar refractivity (Wildman–Crippen MR) is 24.8 cm³/mol. The molecule has 0 amide bonds. The summed E-state index contributed by atoms with van der Waals surface area (Å²) >= 11 is 0. The SMILES string of the molecule is C[N-]CC(C)(F)F.[V]. The first-order chi connectivity index (χ1) is 3.06. The van der Waals surface area contributed by atoms with E-state index in [1.807, 2.05) is 0 Å². The Hall–Kier alpha value is 0.404. The van der Waals surface area contributed by atoms with Gasteiger partial charge in [0.05, 0.1) is 0 Å². The summed E-state index contributed by atoms with van der Waals surface area (Å²) in [5.41, 5.74) is 0. The van der Waals surface area contributed by atoms with Gasteiger partial charge >= 0.3 is 0 Å². The molecule has 0 saturated heterocycles. The van der Waals surface area contributed by atoms with E-state index in [1.54, 1.807) is 0 Å². The quantitative estimate of drug-likeness (QED) is 0.581. The van der Waals surface area contributed by atoms with Crippen LogP contribution in [-0.2, 0) is 18.6 Å². The third kappa shape index (κ3) is 9.64. The van der Waals surface area contributed by atoms with Gasteiger partial charge in [0.25, 0.3) is 0 Å². The van der Waals surface area contributed by atoms with Crippen LogP contribution in [0.2, 0.25) is 0 Å². The molecule has 4 heteroatoms. The molecule has 0 aliphatic heterocycles. The van der Waals surface area contributed by atoms with Crippen LogP contribution < -0.4 is 0 Å². The van der Waals surface area contributed by atoms with Gasteiger partial charge in [0, 0.05) is 18.6 Å². The standard InChI is InChI=1S/C4H8F2N.V/c1-4(5,6)3-7-2;/h3H2,1-2H3;/q-1;. The summed E-state index contributed by atoms with van der Waals surface area (Å²) in [6.07, 6.45) is 0. The predicted octanol–water partition coefficient (Wildman–Crippen LogP) is 1.64. The molecule has 0 saturated carbocycles. The summed E-state index contributed by atoms with van der Waals surface area (Å²) in [5, 5.41) is 3.26. The first-order valence-corrected chi connectivity index (χ1v) is 1.99. The van der Waals surface area contributed by atoms with Gasteiger partial charge in [-0.05, 0) is 6.92 Å². The Morgan fingerprint density at radius 2 is 1.88 bits per heavy atom. The van der Waals surface area contributed by atoms with Gasteiger partial charge in [0.1, 0.15) is 0 Å². The van der Waals surface area contributed by atoms with Crippen LogP contribution in [0.4, 0.5) is 8.78 Å². The van der Waals surface area contributed by atoms with Crippen LogP contribution in [0.5, 0.6) is 0 Å². The number of hydrogen-bond acceptors (Lipinski definition) is 0. The van der Waals surface area contributed by atoms with Crippen LogP contribution in [0.15, 0.2) is 0 Å². The van der Waals surface area contributed by atoms with Crippen molar-refractivity contribution in [1.29, 1.82) is 0 Å². The summed E-state index contributed by atoms with van der Waals surface area (Å²) in [4.78, 5) is 0. The molecule has 1 radical (unpaired) electrons. The number of rotatable bonds is 2. The van der Waals surface area contributed by atoms with Gasteiger partial charge in [-0.1, -0.05) is 6.54 Å². The molecule has 0 aromatic heterocycles. The Labute approximate surface area is 59.7 Å². The van der Waals surface area contributed by atoms with E-state index in [0.29, 0.717) is 0 Å². The third-order valence-electron chi connectivity index (χ3n) is 0.436. The van der Waals surface area contributed by atoms with E-state index in [2.05, 4.69) is 5.32 Å². The molecule has 0 aliphatic rings. The summed E-state index contributed by atoms with van der Waals surface area (Å²) < 4.78 is 23.3. The molecule has 0 bridgehead atoms. The van der Waals surface area contributed by atoms with Gasteiger partial charge in [0.15, 0.2) is 0 Å². The van der Waals surface area contributed by atoms with Crippen molar-refractivity contribution in [2.75, 3.05) is 13.6 Å². The molecular formula is C4H8F2NV-. The maximum Gasteiger partial charge on any atom is 0.227 e. The topological polar surface area (TPSA) is 14.1 Å². The molecule has 0 heterocycles. The van der Waals surface area contributed by atoms with Gasteiger partial charge in [-0.2, -0.15) is 7.05 Å². The van der Waals surface area contributed by atoms with Crippen molar-refractivity contribution >= 4 is 0 Å². The van der Waals surface area contributed by atoms with Gasteiger partial charge in [0.2, 0.25) is 5.92 Å². The second-order valence-corrected chi connectivity index (χ2v) is 1.54. The zero-order chi connectivity index (χ0) is 5.91. The van der Waals surface area contributed by atoms with Crippen molar-refractivity contribution in [3.8, 4) is 0 Å². The summed E-state index contributed by atoms with van der Waals surface area (Å²) in [6.45, 7) is 0.479. The van der Waals surface area contributed by atoms with E-state index in [9.17, 15) is 8.78 Å². The summed E-state index contributed by atoms with van der Waals surface area (Å²) in [5.74, 6) is -2.62. The van der Waals surface area contributed by atoms with E-state index in [-0.39, 0.29) is 25.1 Å². The maximum atomic E-state index is 11.6. The number of alkyl halides is 2. The molecule has 0 rings (SSSR count). The summed E-state index contributed by atoms with van der Waals surface area (Å²) in [6, 6.07) is 0. The fraction of sp³-hybridized carbons (Fsp3) is 1.00. The minimum Gasteiger partial charge on any atom is -0.660 e. The van der Waals surface area contributed by atoms with E-state index >= 15 is 0 Å². The zero-order valence-electron chi connectivity index (χ0n) is 4.86. The second kappa shape index (κ2) is 4.30. The molecule has 0 fully saturated rings. The number of nitrogens with zero attached hydrogens (tertiary/aromatic N) is 1. The second-order valence-electron chi connectivity index (χ2n) is 1.54. The Morgan fingerprint density at radius 3 is 1.88 bits per heavy atom. The van der Waals surface area contributed by atoms with Gasteiger partial charge in [-0.25, -0.2) is 8.78 Å². The van der Waals surface area contributed by atoms with Crippen LogP contribution in [-0.4, -0.2) is 19.5 Å². The Morgan fingerprint density at radius 1 is 1.50 bits per heavy atom. The Bertz CT molecular complexity index is 52.5. The summed E-state index contributed by atoms with van der Waals surface area (Å²) in [7, 11) is 1.37. The minimum absolute atomic E-state index is 0. The maximum absolute atomic E-state index is 11.6. The van der Waals surface area contributed by atoms with Crippen LogP contribution in [0.25, 0.3) is 5.32 Å². The molecule has 0 spiro atoms. The van der Waals surface area contributed by atoms with E-state index in [4.69, 9.17) is 0 Å². The largest absolute Gasteiger partial charge is 0.660 e. The molecule has 8 heavy (non-hydrogen) atoms. The minimum atomic E-state index is -2.62. The van der Waals surface area contributed by atoms with Crippen molar-refractivity contribution < 1.29 is 27.3 Å². The van der Waals surface area contributed by atoms with Crippen molar-refractivity contribution in [3.63, 3.8) is 0 Å². The molecule has 0 N–H and O–H groups in total. The Kier molecular flexibility index (Phi) is 6.04. The first-order valence-electron chi connectivity index (χ1n) is 1.99. The number of hydrogen-bond donors (Lipinski definition) is 0. The molecule has 0 aromatic carbocycles. The fourth-order valence-electron chi connectivity index (χ4n) is 0.278. The first kappa shape index (κ1) is 11.2. The molecule has 0 aromatic rings. The van der Waals surface area contributed by atoms with Crippen LogP contribution in [0.1, 0.15) is 6.92 Å². The smallest absolute Gasteiger partial charge is 0.227 e. The van der Waals surface area contributed by atoms with E-state index in [1.165, 1.54) is 7.05 Å². The van der Waals surface area contributed by atoms with Gasteiger partial charge in [-0.15, -0.1) is 0 Å². The van der Waals surface area contributed by atoms with E-state index < -0.39 is 5.92 Å². The van der Waals surface area contributed by atoms with Crippen LogP contribution in [0, 0.1) is 0 Å². The molecule has 0 unspecified atom stereocenters. The van der Waals surface area contributed by atoms with Crippen molar-refractivity contribution in [3.05, 3.63) is 5.32 Å². The van der Waals surface area contributed by atoms with Crippen molar-refractivity contribution in [1.82, 2.24) is 0 Å². The molecule has 49 valence electrons. The van der Waals surface area contributed by atoms with Crippen molar-refractivity contribution in [2.24, 2.45) is 0 Å². The fourth-order valence-corrected chi connectivity index (χ4v) is 0.278. The van der Waals surface area contributed by atoms with E-state index in [0.717, 1.165) is 6.92 Å². The van der Waals surface area contributed by atoms with Crippen LogP contribution >= 0.6 is 0 Å². The van der Waals surface area contributed by atoms with Gasteiger partial charge in [-0.3, -0.25) is 0 Å². The number of halogens is 2. The monoisotopic (exact) mass is 159 g/mol.